The van der Waals surface area contributed by atoms with Gasteiger partial charge in [0.15, 0.2) is 0 Å². The van der Waals surface area contributed by atoms with Crippen molar-refractivity contribution in [3.63, 3.8) is 0 Å². The number of carbonyl (C=O) groups excluding carboxylic acids is 2. The highest BCUT2D eigenvalue weighted by Gasteiger charge is 2.22. The zero-order chi connectivity index (χ0) is 11.5. The number of aromatic nitrogens is 1. The molecule has 0 bridgehead atoms. The van der Waals surface area contributed by atoms with Crippen molar-refractivity contribution in [3.8, 4) is 0 Å². The zero-order valence-electron chi connectivity index (χ0n) is 8.44. The minimum absolute atomic E-state index is 0.228. The highest BCUT2D eigenvalue weighted by molar-refractivity contribution is 6.29. The number of amides is 2. The molecule has 6 heteroatoms. The molecule has 84 valence electrons. The van der Waals surface area contributed by atoms with E-state index in [-0.39, 0.29) is 24.9 Å². The van der Waals surface area contributed by atoms with Crippen molar-refractivity contribution in [2.24, 2.45) is 0 Å². The summed E-state index contributed by atoms with van der Waals surface area (Å²) in [5, 5.41) is 2.66. The van der Waals surface area contributed by atoms with E-state index >= 15 is 0 Å². The minimum Gasteiger partial charge on any atom is -0.294 e. The zero-order valence-corrected chi connectivity index (χ0v) is 9.20. The number of hydrogen-bond donors (Lipinski definition) is 1. The third-order valence-corrected chi connectivity index (χ3v) is 2.42. The molecule has 1 saturated heterocycles. The van der Waals surface area contributed by atoms with E-state index in [1.165, 1.54) is 0 Å². The third kappa shape index (κ3) is 2.77. The molecule has 1 N–H and O–H groups in total. The number of imide groups is 1. The van der Waals surface area contributed by atoms with Crippen LogP contribution in [0, 0.1) is 0 Å². The maximum absolute atomic E-state index is 11.1. The second kappa shape index (κ2) is 4.59. The first kappa shape index (κ1) is 11.0. The van der Waals surface area contributed by atoms with Gasteiger partial charge in [0.25, 0.3) is 0 Å². The summed E-state index contributed by atoms with van der Waals surface area (Å²) in [4.78, 5) is 27.9. The Hall–Kier alpha value is -1.46. The molecule has 0 aromatic carbocycles. The molecule has 0 saturated carbocycles. The van der Waals surface area contributed by atoms with Crippen LogP contribution in [0.4, 0.5) is 0 Å². The molecule has 1 aromatic heterocycles. The van der Waals surface area contributed by atoms with Crippen LogP contribution in [0.2, 0.25) is 5.15 Å². The maximum atomic E-state index is 11.1. The van der Waals surface area contributed by atoms with E-state index in [1.807, 2.05) is 6.07 Å². The second-order valence-corrected chi connectivity index (χ2v) is 3.99. The fourth-order valence-electron chi connectivity index (χ4n) is 1.61. The van der Waals surface area contributed by atoms with Gasteiger partial charge in [0.1, 0.15) is 5.15 Å². The largest absolute Gasteiger partial charge is 0.294 e. The molecule has 1 aliphatic rings. The van der Waals surface area contributed by atoms with Crippen molar-refractivity contribution in [2.75, 3.05) is 13.1 Å². The van der Waals surface area contributed by atoms with E-state index in [1.54, 1.807) is 17.2 Å². The Bertz CT molecular complexity index is 420. The van der Waals surface area contributed by atoms with E-state index in [2.05, 4.69) is 10.3 Å². The lowest BCUT2D eigenvalue weighted by Gasteiger charge is -2.25. The lowest BCUT2D eigenvalue weighted by Crippen LogP contribution is -2.50. The first-order valence-corrected chi connectivity index (χ1v) is 5.17. The van der Waals surface area contributed by atoms with Gasteiger partial charge in [-0.3, -0.25) is 19.8 Å². The van der Waals surface area contributed by atoms with Gasteiger partial charge in [0.2, 0.25) is 11.8 Å². The summed E-state index contributed by atoms with van der Waals surface area (Å²) >= 11 is 5.74. The van der Waals surface area contributed by atoms with Crippen LogP contribution < -0.4 is 5.32 Å². The molecule has 2 heterocycles. The third-order valence-electron chi connectivity index (χ3n) is 2.21. The average Bonchev–Trinajstić information content (AvgIpc) is 2.15. The molecule has 1 aliphatic heterocycles. The van der Waals surface area contributed by atoms with Gasteiger partial charge in [0.05, 0.1) is 13.1 Å². The summed E-state index contributed by atoms with van der Waals surface area (Å²) < 4.78 is 0. The molecule has 2 rings (SSSR count). The molecule has 1 fully saturated rings. The maximum Gasteiger partial charge on any atom is 0.240 e. The molecule has 1 aromatic rings. The molecule has 16 heavy (non-hydrogen) atoms. The van der Waals surface area contributed by atoms with Crippen molar-refractivity contribution in [2.45, 2.75) is 6.54 Å². The molecule has 0 radical (unpaired) electrons. The SMILES string of the molecule is O=C1CN(Cc2ccnc(Cl)c2)CC(=O)N1. The number of carbonyl (C=O) groups is 2. The van der Waals surface area contributed by atoms with E-state index < -0.39 is 0 Å². The topological polar surface area (TPSA) is 62.3 Å². The Labute approximate surface area is 97.4 Å². The van der Waals surface area contributed by atoms with Gasteiger partial charge in [-0.15, -0.1) is 0 Å². The summed E-state index contributed by atoms with van der Waals surface area (Å²) in [7, 11) is 0. The first-order valence-electron chi connectivity index (χ1n) is 4.79. The summed E-state index contributed by atoms with van der Waals surface area (Å²) in [6.07, 6.45) is 1.60. The standard InChI is InChI=1S/C10H10ClN3O2/c11-8-3-7(1-2-12-8)4-14-5-9(15)13-10(16)6-14/h1-3H,4-6H2,(H,13,15,16). The van der Waals surface area contributed by atoms with Crippen LogP contribution in [0.5, 0.6) is 0 Å². The van der Waals surface area contributed by atoms with Gasteiger partial charge in [-0.1, -0.05) is 11.6 Å². The first-order chi connectivity index (χ1) is 7.63. The second-order valence-electron chi connectivity index (χ2n) is 3.60. The molecule has 0 unspecified atom stereocenters. The molecule has 5 nitrogen and oxygen atoms in total. The molecule has 0 aliphatic carbocycles. The summed E-state index contributed by atoms with van der Waals surface area (Å²) in [5.41, 5.74) is 0.933. The fourth-order valence-corrected chi connectivity index (χ4v) is 1.80. The van der Waals surface area contributed by atoms with Crippen LogP contribution in [-0.2, 0) is 16.1 Å². The number of rotatable bonds is 2. The number of nitrogens with zero attached hydrogens (tertiary/aromatic N) is 2. The quantitative estimate of drug-likeness (QED) is 0.591. The van der Waals surface area contributed by atoms with Crippen LogP contribution in [-0.4, -0.2) is 34.8 Å². The fraction of sp³-hybridized carbons (Fsp3) is 0.300. The van der Waals surface area contributed by atoms with E-state index in [0.29, 0.717) is 11.7 Å². The predicted molar refractivity (Wildman–Crippen MR) is 57.7 cm³/mol. The number of halogens is 1. The van der Waals surface area contributed by atoms with E-state index in [4.69, 9.17) is 11.6 Å². The number of piperazine rings is 1. The Balaban J connectivity index is 2.04. The van der Waals surface area contributed by atoms with Crippen LogP contribution in [0.25, 0.3) is 0 Å². The Morgan fingerprint density at radius 3 is 2.69 bits per heavy atom. The van der Waals surface area contributed by atoms with E-state index in [0.717, 1.165) is 5.56 Å². The van der Waals surface area contributed by atoms with Gasteiger partial charge in [-0.25, -0.2) is 4.98 Å². The Kier molecular flexibility index (Phi) is 3.17. The lowest BCUT2D eigenvalue weighted by atomic mass is 10.2. The molecule has 0 atom stereocenters. The van der Waals surface area contributed by atoms with Crippen molar-refractivity contribution in [1.82, 2.24) is 15.2 Å². The predicted octanol–water partition coefficient (Wildman–Crippen LogP) is 0.193. The van der Waals surface area contributed by atoms with Gasteiger partial charge in [-0.05, 0) is 17.7 Å². The average molecular weight is 240 g/mol. The summed E-state index contributed by atoms with van der Waals surface area (Å²) in [6, 6.07) is 3.53. The van der Waals surface area contributed by atoms with Crippen molar-refractivity contribution in [3.05, 3.63) is 29.0 Å². The normalized spacial score (nSPS) is 17.3. The monoisotopic (exact) mass is 239 g/mol. The van der Waals surface area contributed by atoms with Crippen LogP contribution >= 0.6 is 11.6 Å². The highest BCUT2D eigenvalue weighted by atomic mass is 35.5. The number of nitrogens with one attached hydrogen (secondary N) is 1. The summed E-state index contributed by atoms with van der Waals surface area (Å²) in [5.74, 6) is -0.534. The number of pyridine rings is 1. The van der Waals surface area contributed by atoms with Crippen LogP contribution in [0.15, 0.2) is 18.3 Å². The lowest BCUT2D eigenvalue weighted by molar-refractivity contribution is -0.136. The van der Waals surface area contributed by atoms with Gasteiger partial charge in [-0.2, -0.15) is 0 Å². The highest BCUT2D eigenvalue weighted by Crippen LogP contribution is 2.10. The summed E-state index contributed by atoms with van der Waals surface area (Å²) in [6.45, 7) is 0.971. The van der Waals surface area contributed by atoms with E-state index in [9.17, 15) is 9.59 Å². The molecule has 2 amide bonds. The van der Waals surface area contributed by atoms with Crippen molar-refractivity contribution < 1.29 is 9.59 Å². The van der Waals surface area contributed by atoms with Crippen molar-refractivity contribution in [1.29, 1.82) is 0 Å². The number of hydrogen-bond acceptors (Lipinski definition) is 4. The molecular weight excluding hydrogens is 230 g/mol. The molecular formula is C10H10ClN3O2. The Morgan fingerprint density at radius 2 is 2.06 bits per heavy atom. The van der Waals surface area contributed by atoms with Gasteiger partial charge < -0.3 is 0 Å². The minimum atomic E-state index is -0.267. The smallest absolute Gasteiger partial charge is 0.240 e. The van der Waals surface area contributed by atoms with Crippen LogP contribution in [0.3, 0.4) is 0 Å². The molecule has 0 spiro atoms. The van der Waals surface area contributed by atoms with Crippen molar-refractivity contribution >= 4 is 23.4 Å². The van der Waals surface area contributed by atoms with Crippen LogP contribution in [0.1, 0.15) is 5.56 Å². The van der Waals surface area contributed by atoms with Gasteiger partial charge >= 0.3 is 0 Å². The van der Waals surface area contributed by atoms with Gasteiger partial charge in [0, 0.05) is 12.7 Å². The Morgan fingerprint density at radius 1 is 1.38 bits per heavy atom.